The van der Waals surface area contributed by atoms with Crippen LogP contribution in [0.15, 0.2) is 29.2 Å². The van der Waals surface area contributed by atoms with E-state index in [1.165, 1.54) is 17.1 Å². The zero-order chi connectivity index (χ0) is 20.0. The Labute approximate surface area is 168 Å². The summed E-state index contributed by atoms with van der Waals surface area (Å²) >= 11 is 0. The predicted octanol–water partition coefficient (Wildman–Crippen LogP) is 2.71. The molecule has 2 aliphatic heterocycles. The van der Waals surface area contributed by atoms with Gasteiger partial charge in [0.1, 0.15) is 0 Å². The number of piperidine rings is 2. The summed E-state index contributed by atoms with van der Waals surface area (Å²) in [4.78, 5) is 14.7. The zero-order valence-corrected chi connectivity index (χ0v) is 17.5. The van der Waals surface area contributed by atoms with Crippen LogP contribution in [0.4, 0.5) is 10.5 Å². The van der Waals surface area contributed by atoms with Crippen molar-refractivity contribution in [1.82, 2.24) is 14.5 Å². The molecule has 28 heavy (non-hydrogen) atoms. The maximum Gasteiger partial charge on any atom is 0.319 e. The molecule has 0 atom stereocenters. The van der Waals surface area contributed by atoms with Gasteiger partial charge in [-0.2, -0.15) is 4.31 Å². The minimum absolute atomic E-state index is 0.235. The molecular weight excluding hydrogens is 376 g/mol. The summed E-state index contributed by atoms with van der Waals surface area (Å²) in [5.74, 6) is 0.662. The van der Waals surface area contributed by atoms with E-state index in [4.69, 9.17) is 0 Å². The molecule has 0 aromatic heterocycles. The molecule has 2 N–H and O–H groups in total. The van der Waals surface area contributed by atoms with Crippen LogP contribution in [0.3, 0.4) is 0 Å². The van der Waals surface area contributed by atoms with Crippen LogP contribution in [0.2, 0.25) is 0 Å². The van der Waals surface area contributed by atoms with Gasteiger partial charge in [0.25, 0.3) is 0 Å². The minimum Gasteiger partial charge on any atom is -0.338 e. The SMILES string of the molecule is CN1CCC(CCNC(=O)Nc2cccc(S(=O)(=O)N3CCCCC3)c2)CC1. The number of amides is 2. The molecule has 0 spiro atoms. The number of sulfonamides is 1. The van der Waals surface area contributed by atoms with Crippen molar-refractivity contribution in [2.45, 2.75) is 43.4 Å². The fraction of sp³-hybridized carbons (Fsp3) is 0.650. The first-order chi connectivity index (χ1) is 13.4. The smallest absolute Gasteiger partial charge is 0.319 e. The van der Waals surface area contributed by atoms with Crippen molar-refractivity contribution in [3.05, 3.63) is 24.3 Å². The summed E-state index contributed by atoms with van der Waals surface area (Å²) < 4.78 is 27.1. The lowest BCUT2D eigenvalue weighted by Gasteiger charge is -2.28. The van der Waals surface area contributed by atoms with Gasteiger partial charge in [-0.05, 0) is 76.4 Å². The summed E-state index contributed by atoms with van der Waals surface area (Å²) in [6, 6.07) is 6.23. The molecule has 0 aliphatic carbocycles. The molecule has 2 heterocycles. The Hall–Kier alpha value is -1.64. The molecule has 0 bridgehead atoms. The highest BCUT2D eigenvalue weighted by Crippen LogP contribution is 2.23. The summed E-state index contributed by atoms with van der Waals surface area (Å²) in [5, 5.41) is 5.65. The number of hydrogen-bond acceptors (Lipinski definition) is 4. The molecule has 7 nitrogen and oxygen atoms in total. The van der Waals surface area contributed by atoms with Gasteiger partial charge < -0.3 is 15.5 Å². The first kappa shape index (κ1) is 21.1. The van der Waals surface area contributed by atoms with E-state index >= 15 is 0 Å². The van der Waals surface area contributed by atoms with Crippen LogP contribution >= 0.6 is 0 Å². The van der Waals surface area contributed by atoms with Crippen molar-refractivity contribution in [2.24, 2.45) is 5.92 Å². The Morgan fingerprint density at radius 3 is 2.54 bits per heavy atom. The van der Waals surface area contributed by atoms with Crippen LogP contribution in [0, 0.1) is 5.92 Å². The standard InChI is InChI=1S/C20H32N4O3S/c1-23-14-9-17(10-15-23)8-11-21-20(25)22-18-6-5-7-19(16-18)28(26,27)24-12-3-2-4-13-24/h5-7,16-17H,2-4,8-15H2,1H3,(H2,21,22,25). The van der Waals surface area contributed by atoms with Crippen LogP contribution in [-0.4, -0.2) is 63.4 Å². The van der Waals surface area contributed by atoms with Crippen LogP contribution in [0.5, 0.6) is 0 Å². The Kier molecular flexibility index (Phi) is 7.31. The third kappa shape index (κ3) is 5.68. The number of benzene rings is 1. The lowest BCUT2D eigenvalue weighted by Crippen LogP contribution is -2.35. The molecule has 8 heteroatoms. The monoisotopic (exact) mass is 408 g/mol. The summed E-state index contributed by atoms with van der Waals surface area (Å²) in [6.45, 7) is 4.01. The fourth-order valence-electron chi connectivity index (χ4n) is 3.90. The predicted molar refractivity (Wildman–Crippen MR) is 111 cm³/mol. The van der Waals surface area contributed by atoms with Gasteiger partial charge in [0.2, 0.25) is 10.0 Å². The van der Waals surface area contributed by atoms with Gasteiger partial charge in [-0.25, -0.2) is 13.2 Å². The van der Waals surface area contributed by atoms with Crippen LogP contribution in [-0.2, 0) is 10.0 Å². The van der Waals surface area contributed by atoms with E-state index in [2.05, 4.69) is 22.6 Å². The van der Waals surface area contributed by atoms with E-state index in [1.807, 2.05) is 0 Å². The first-order valence-corrected chi connectivity index (χ1v) is 11.7. The third-order valence-corrected chi connectivity index (χ3v) is 7.62. The zero-order valence-electron chi connectivity index (χ0n) is 16.7. The fourth-order valence-corrected chi connectivity index (χ4v) is 5.47. The normalized spacial score (nSPS) is 20.0. The van der Waals surface area contributed by atoms with Gasteiger partial charge in [-0.3, -0.25) is 0 Å². The molecule has 2 fully saturated rings. The van der Waals surface area contributed by atoms with Crippen molar-refractivity contribution >= 4 is 21.7 Å². The largest absolute Gasteiger partial charge is 0.338 e. The first-order valence-electron chi connectivity index (χ1n) is 10.3. The van der Waals surface area contributed by atoms with Gasteiger partial charge in [0.15, 0.2) is 0 Å². The Morgan fingerprint density at radius 1 is 1.11 bits per heavy atom. The van der Waals surface area contributed by atoms with Crippen molar-refractivity contribution < 1.29 is 13.2 Å². The summed E-state index contributed by atoms with van der Waals surface area (Å²) in [5.41, 5.74) is 0.495. The van der Waals surface area contributed by atoms with Crippen LogP contribution < -0.4 is 10.6 Å². The van der Waals surface area contributed by atoms with E-state index in [-0.39, 0.29) is 10.9 Å². The van der Waals surface area contributed by atoms with Crippen molar-refractivity contribution in [3.63, 3.8) is 0 Å². The summed E-state index contributed by atoms with van der Waals surface area (Å²) in [7, 11) is -1.36. The van der Waals surface area contributed by atoms with Gasteiger partial charge in [0.05, 0.1) is 4.90 Å². The van der Waals surface area contributed by atoms with Gasteiger partial charge in [-0.1, -0.05) is 12.5 Å². The average molecular weight is 409 g/mol. The second-order valence-corrected chi connectivity index (χ2v) is 9.85. The van der Waals surface area contributed by atoms with Crippen molar-refractivity contribution in [3.8, 4) is 0 Å². The van der Waals surface area contributed by atoms with Gasteiger partial charge >= 0.3 is 6.03 Å². The summed E-state index contributed by atoms with van der Waals surface area (Å²) in [6.07, 6.45) is 6.20. The molecular formula is C20H32N4O3S. The molecule has 2 saturated heterocycles. The quantitative estimate of drug-likeness (QED) is 0.758. The van der Waals surface area contributed by atoms with E-state index in [0.717, 1.165) is 38.8 Å². The number of carbonyl (C=O) groups is 1. The van der Waals surface area contributed by atoms with E-state index in [1.54, 1.807) is 24.3 Å². The number of hydrogen-bond donors (Lipinski definition) is 2. The third-order valence-electron chi connectivity index (χ3n) is 5.72. The second-order valence-electron chi connectivity index (χ2n) is 7.91. The molecule has 1 aromatic carbocycles. The van der Waals surface area contributed by atoms with E-state index in [9.17, 15) is 13.2 Å². The number of likely N-dealkylation sites (tertiary alicyclic amines) is 1. The number of carbonyl (C=O) groups excluding carboxylic acids is 1. The average Bonchev–Trinajstić information content (AvgIpc) is 2.70. The maximum atomic E-state index is 12.8. The molecule has 2 amide bonds. The number of nitrogens with zero attached hydrogens (tertiary/aromatic N) is 2. The van der Waals surface area contributed by atoms with Gasteiger partial charge in [0, 0.05) is 25.3 Å². The highest BCUT2D eigenvalue weighted by Gasteiger charge is 2.26. The molecule has 0 unspecified atom stereocenters. The Morgan fingerprint density at radius 2 is 1.82 bits per heavy atom. The lowest BCUT2D eigenvalue weighted by atomic mass is 9.94. The topological polar surface area (TPSA) is 81.8 Å². The van der Waals surface area contributed by atoms with Crippen LogP contribution in [0.1, 0.15) is 38.5 Å². The molecule has 1 aromatic rings. The Balaban J connectivity index is 1.50. The van der Waals surface area contributed by atoms with E-state index < -0.39 is 10.0 Å². The van der Waals surface area contributed by atoms with Crippen molar-refractivity contribution in [2.75, 3.05) is 45.1 Å². The lowest BCUT2D eigenvalue weighted by molar-refractivity contribution is 0.211. The number of rotatable bonds is 6. The molecule has 0 saturated carbocycles. The molecule has 0 radical (unpaired) electrons. The number of nitrogens with one attached hydrogen (secondary N) is 2. The van der Waals surface area contributed by atoms with E-state index in [0.29, 0.717) is 31.2 Å². The highest BCUT2D eigenvalue weighted by molar-refractivity contribution is 7.89. The van der Waals surface area contributed by atoms with Crippen molar-refractivity contribution in [1.29, 1.82) is 0 Å². The maximum absolute atomic E-state index is 12.8. The molecule has 3 rings (SSSR count). The number of urea groups is 1. The minimum atomic E-state index is -3.50. The number of anilines is 1. The molecule has 156 valence electrons. The van der Waals surface area contributed by atoms with Gasteiger partial charge in [-0.15, -0.1) is 0 Å². The molecule has 2 aliphatic rings. The van der Waals surface area contributed by atoms with Crippen LogP contribution in [0.25, 0.3) is 0 Å². The Bertz CT molecular complexity index is 754. The highest BCUT2D eigenvalue weighted by atomic mass is 32.2. The second kappa shape index (κ2) is 9.71.